The molecule has 23 heavy (non-hydrogen) atoms. The molecule has 5 heteroatoms. The molecule has 2 aromatic rings. The Bertz CT molecular complexity index is 661. The number of rotatable bonds is 6. The molecule has 0 aliphatic heterocycles. The van der Waals surface area contributed by atoms with Gasteiger partial charge >= 0.3 is 0 Å². The van der Waals surface area contributed by atoms with E-state index in [1.165, 1.54) is 5.56 Å². The highest BCUT2D eigenvalue weighted by atomic mass is 35.5. The summed E-state index contributed by atoms with van der Waals surface area (Å²) in [6.07, 6.45) is 0. The number of benzene rings is 2. The summed E-state index contributed by atoms with van der Waals surface area (Å²) in [5, 5.41) is 6.13. The van der Waals surface area contributed by atoms with Gasteiger partial charge in [0, 0.05) is 15.6 Å². The topological polar surface area (TPSA) is 45.7 Å². The van der Waals surface area contributed by atoms with Crippen LogP contribution in [0.2, 0.25) is 10.0 Å². The zero-order valence-corrected chi connectivity index (χ0v) is 14.7. The average molecular weight is 352 g/mol. The molecule has 0 fully saturated rings. The molecule has 122 valence electrons. The predicted molar refractivity (Wildman–Crippen MR) is 94.7 cm³/mol. The Kier molecular flexibility index (Phi) is 6.46. The summed E-state index contributed by atoms with van der Waals surface area (Å²) >= 11 is 12.1. The van der Waals surface area contributed by atoms with Gasteiger partial charge in [0.05, 0.1) is 6.04 Å². The summed E-state index contributed by atoms with van der Waals surface area (Å²) in [4.78, 5) is 12.1. The minimum absolute atomic E-state index is 0.0219. The van der Waals surface area contributed by atoms with Gasteiger partial charge in [0.2, 0.25) is 0 Å². The zero-order valence-electron chi connectivity index (χ0n) is 13.2. The second-order valence-corrected chi connectivity index (χ2v) is 6.44. The van der Waals surface area contributed by atoms with Crippen LogP contribution in [0.15, 0.2) is 48.5 Å². The van der Waals surface area contributed by atoms with Crippen LogP contribution in [0.3, 0.4) is 0 Å². The van der Waals surface area contributed by atoms with Gasteiger partial charge in [0.15, 0.2) is 6.54 Å². The molecular weight excluding hydrogens is 331 g/mol. The predicted octanol–water partition coefficient (Wildman–Crippen LogP) is 3.50. The molecule has 0 bridgehead atoms. The van der Waals surface area contributed by atoms with Gasteiger partial charge in [0.1, 0.15) is 6.04 Å². The van der Waals surface area contributed by atoms with Crippen molar-refractivity contribution in [2.45, 2.75) is 25.9 Å². The third kappa shape index (κ3) is 5.24. The first kappa shape index (κ1) is 17.8. The Labute approximate surface area is 147 Å². The molecule has 3 nitrogen and oxygen atoms in total. The highest BCUT2D eigenvalue weighted by Crippen LogP contribution is 2.25. The van der Waals surface area contributed by atoms with Gasteiger partial charge in [-0.1, -0.05) is 59.6 Å². The lowest BCUT2D eigenvalue weighted by molar-refractivity contribution is -0.682. The maximum atomic E-state index is 12.1. The maximum absolute atomic E-state index is 12.1. The zero-order chi connectivity index (χ0) is 16.8. The van der Waals surface area contributed by atoms with E-state index in [1.807, 2.05) is 36.5 Å². The number of nitrogens with two attached hydrogens (primary N) is 1. The Hall–Kier alpha value is -1.55. The van der Waals surface area contributed by atoms with Gasteiger partial charge in [-0.25, -0.2) is 0 Å². The van der Waals surface area contributed by atoms with E-state index in [0.29, 0.717) is 16.6 Å². The molecule has 0 saturated heterocycles. The third-order valence-corrected chi connectivity index (χ3v) is 4.35. The lowest BCUT2D eigenvalue weighted by Gasteiger charge is -2.16. The summed E-state index contributed by atoms with van der Waals surface area (Å²) in [6, 6.07) is 15.5. The summed E-state index contributed by atoms with van der Waals surface area (Å²) in [5.41, 5.74) is 2.06. The van der Waals surface area contributed by atoms with Crippen LogP contribution < -0.4 is 10.6 Å². The highest BCUT2D eigenvalue weighted by molar-refractivity contribution is 6.35. The fourth-order valence-electron chi connectivity index (χ4n) is 2.41. The molecule has 2 aromatic carbocycles. The number of hydrogen-bond acceptors (Lipinski definition) is 1. The summed E-state index contributed by atoms with van der Waals surface area (Å²) in [7, 11) is 0. The number of halogens is 2. The molecule has 0 aliphatic rings. The molecular formula is C18H21Cl2N2O+. The number of amides is 1. The van der Waals surface area contributed by atoms with Crippen molar-refractivity contribution in [1.82, 2.24) is 5.32 Å². The summed E-state index contributed by atoms with van der Waals surface area (Å²) < 4.78 is 0. The van der Waals surface area contributed by atoms with Crippen molar-refractivity contribution in [3.05, 3.63) is 69.7 Å². The largest absolute Gasteiger partial charge is 0.345 e. The van der Waals surface area contributed by atoms with Crippen molar-refractivity contribution in [2.24, 2.45) is 0 Å². The Morgan fingerprint density at radius 2 is 1.83 bits per heavy atom. The van der Waals surface area contributed by atoms with Gasteiger partial charge < -0.3 is 10.6 Å². The van der Waals surface area contributed by atoms with E-state index in [9.17, 15) is 4.79 Å². The maximum Gasteiger partial charge on any atom is 0.275 e. The van der Waals surface area contributed by atoms with Crippen LogP contribution in [0, 0.1) is 0 Å². The first-order chi connectivity index (χ1) is 11.0. The summed E-state index contributed by atoms with van der Waals surface area (Å²) in [5.74, 6) is -0.0219. The Balaban J connectivity index is 1.87. The Morgan fingerprint density at radius 1 is 1.13 bits per heavy atom. The molecule has 0 radical (unpaired) electrons. The lowest BCUT2D eigenvalue weighted by Crippen LogP contribution is -2.87. The van der Waals surface area contributed by atoms with Gasteiger partial charge in [-0.05, 0) is 31.5 Å². The molecule has 1 amide bonds. The van der Waals surface area contributed by atoms with Gasteiger partial charge in [-0.15, -0.1) is 0 Å². The molecule has 2 atom stereocenters. The van der Waals surface area contributed by atoms with E-state index in [-0.39, 0.29) is 18.0 Å². The summed E-state index contributed by atoms with van der Waals surface area (Å²) in [6.45, 7) is 4.36. The van der Waals surface area contributed by atoms with Crippen molar-refractivity contribution in [1.29, 1.82) is 0 Å². The smallest absolute Gasteiger partial charge is 0.275 e. The number of quaternary nitrogens is 1. The lowest BCUT2D eigenvalue weighted by atomic mass is 10.1. The molecule has 0 aromatic heterocycles. The third-order valence-electron chi connectivity index (χ3n) is 3.79. The second kappa shape index (κ2) is 8.34. The van der Waals surface area contributed by atoms with Crippen LogP contribution in [0.5, 0.6) is 0 Å². The van der Waals surface area contributed by atoms with Crippen molar-refractivity contribution in [2.75, 3.05) is 6.54 Å². The first-order valence-electron chi connectivity index (χ1n) is 7.60. The van der Waals surface area contributed by atoms with E-state index in [1.54, 1.807) is 12.1 Å². The second-order valence-electron chi connectivity index (χ2n) is 5.59. The van der Waals surface area contributed by atoms with Crippen LogP contribution in [0.1, 0.15) is 37.1 Å². The molecule has 0 spiro atoms. The van der Waals surface area contributed by atoms with E-state index < -0.39 is 0 Å². The molecule has 0 aliphatic carbocycles. The Morgan fingerprint density at radius 3 is 2.48 bits per heavy atom. The molecule has 3 N–H and O–H groups in total. The number of carbonyl (C=O) groups is 1. The quantitative estimate of drug-likeness (QED) is 0.821. The van der Waals surface area contributed by atoms with Gasteiger partial charge in [0.25, 0.3) is 5.91 Å². The van der Waals surface area contributed by atoms with Crippen LogP contribution in [0.25, 0.3) is 0 Å². The van der Waals surface area contributed by atoms with Crippen molar-refractivity contribution < 1.29 is 10.1 Å². The first-order valence-corrected chi connectivity index (χ1v) is 8.35. The molecule has 0 saturated carbocycles. The van der Waals surface area contributed by atoms with E-state index in [2.05, 4.69) is 24.4 Å². The van der Waals surface area contributed by atoms with E-state index in [0.717, 1.165) is 5.56 Å². The van der Waals surface area contributed by atoms with Crippen LogP contribution in [0.4, 0.5) is 0 Å². The molecule has 0 unspecified atom stereocenters. The minimum Gasteiger partial charge on any atom is -0.345 e. The fourth-order valence-corrected chi connectivity index (χ4v) is 2.98. The number of carbonyl (C=O) groups excluding carboxylic acids is 1. The fraction of sp³-hybridized carbons (Fsp3) is 0.278. The van der Waals surface area contributed by atoms with Gasteiger partial charge in [-0.3, -0.25) is 4.79 Å². The standard InChI is InChI=1S/C18H20Cl2N2O/c1-12(14-6-4-3-5-7-14)21-11-18(23)22-13(2)16-9-8-15(19)10-17(16)20/h3-10,12-13,21H,11H2,1-2H3,(H,22,23)/p+1/t12-,13-/m0/s1. The van der Waals surface area contributed by atoms with Crippen LogP contribution in [-0.4, -0.2) is 12.5 Å². The van der Waals surface area contributed by atoms with Crippen molar-refractivity contribution in [3.8, 4) is 0 Å². The van der Waals surface area contributed by atoms with Crippen LogP contribution >= 0.6 is 23.2 Å². The van der Waals surface area contributed by atoms with Crippen molar-refractivity contribution >= 4 is 29.1 Å². The van der Waals surface area contributed by atoms with Gasteiger partial charge in [-0.2, -0.15) is 0 Å². The van der Waals surface area contributed by atoms with Crippen LogP contribution in [-0.2, 0) is 4.79 Å². The minimum atomic E-state index is -0.160. The highest BCUT2D eigenvalue weighted by Gasteiger charge is 2.15. The molecule has 2 rings (SSSR count). The number of hydrogen-bond donors (Lipinski definition) is 2. The van der Waals surface area contributed by atoms with E-state index in [4.69, 9.17) is 23.2 Å². The normalized spacial score (nSPS) is 13.4. The molecule has 0 heterocycles. The van der Waals surface area contributed by atoms with Crippen molar-refractivity contribution in [3.63, 3.8) is 0 Å². The number of nitrogens with one attached hydrogen (secondary N) is 1. The monoisotopic (exact) mass is 351 g/mol. The SMILES string of the molecule is C[C@H](NC(=O)C[NH2+][C@@H](C)c1ccccc1)c1ccc(Cl)cc1Cl. The average Bonchev–Trinajstić information content (AvgIpc) is 2.53. The van der Waals surface area contributed by atoms with E-state index >= 15 is 0 Å².